The maximum Gasteiger partial charge on any atom is 0.206 e. The van der Waals surface area contributed by atoms with Crippen LogP contribution in [0.5, 0.6) is 0 Å². The number of para-hydroxylation sites is 1. The topological polar surface area (TPSA) is 123 Å². The van der Waals surface area contributed by atoms with Crippen molar-refractivity contribution < 1.29 is 8.42 Å². The van der Waals surface area contributed by atoms with E-state index in [1.165, 1.54) is 11.3 Å². The van der Waals surface area contributed by atoms with Gasteiger partial charge in [-0.2, -0.15) is 0 Å². The maximum atomic E-state index is 13.5. The Morgan fingerprint density at radius 3 is 2.77 bits per heavy atom. The number of thiazole rings is 1. The van der Waals surface area contributed by atoms with Crippen LogP contribution in [0.2, 0.25) is 0 Å². The third-order valence-electron chi connectivity index (χ3n) is 4.29. The van der Waals surface area contributed by atoms with Gasteiger partial charge in [0.05, 0.1) is 21.2 Å². The van der Waals surface area contributed by atoms with E-state index in [0.29, 0.717) is 27.1 Å². The van der Waals surface area contributed by atoms with E-state index in [9.17, 15) is 8.42 Å². The van der Waals surface area contributed by atoms with Crippen molar-refractivity contribution in [2.75, 3.05) is 16.5 Å². The molecule has 0 radical (unpaired) electrons. The van der Waals surface area contributed by atoms with Crippen molar-refractivity contribution in [3.63, 3.8) is 0 Å². The van der Waals surface area contributed by atoms with Crippen molar-refractivity contribution >= 4 is 37.7 Å². The summed E-state index contributed by atoms with van der Waals surface area (Å²) in [7, 11) is -3.81. The molecule has 1 aromatic heterocycles. The molecule has 2 aromatic carbocycles. The quantitative estimate of drug-likeness (QED) is 0.402. The standard InChI is InChI=1S/C17H17N5O2S2/c1-9-6-7-12(22-19)13(8-9)26(23,24)16-15-14(21-17(18)25-15)10-4-2-3-5-11(10)20-16/h2-8,16,20,22H,19H2,1H3,(H2,18,21). The molecule has 0 spiro atoms. The molecule has 4 rings (SSSR count). The SMILES string of the molecule is Cc1ccc(NN)c(S(=O)(=O)C2Nc3ccccc3-c3nc(N)sc32)c1. The summed E-state index contributed by atoms with van der Waals surface area (Å²) >= 11 is 1.17. The second-order valence-corrected chi connectivity index (χ2v) is 9.09. The molecule has 0 bridgehead atoms. The normalized spacial score (nSPS) is 15.7. The summed E-state index contributed by atoms with van der Waals surface area (Å²) in [4.78, 5) is 5.07. The Balaban J connectivity index is 1.93. The molecule has 2 heterocycles. The van der Waals surface area contributed by atoms with Crippen molar-refractivity contribution in [3.05, 3.63) is 52.9 Å². The molecular formula is C17H17N5O2S2. The first-order valence-electron chi connectivity index (χ1n) is 7.85. The Morgan fingerprint density at radius 2 is 2.00 bits per heavy atom. The number of anilines is 3. The molecule has 7 nitrogen and oxygen atoms in total. The van der Waals surface area contributed by atoms with E-state index in [4.69, 9.17) is 11.6 Å². The first-order chi connectivity index (χ1) is 12.4. The summed E-state index contributed by atoms with van der Waals surface area (Å²) in [5.41, 5.74) is 11.7. The van der Waals surface area contributed by atoms with Gasteiger partial charge in [-0.3, -0.25) is 5.84 Å². The number of nitrogens with one attached hydrogen (secondary N) is 2. The van der Waals surface area contributed by atoms with Gasteiger partial charge in [0, 0.05) is 11.3 Å². The Labute approximate surface area is 155 Å². The monoisotopic (exact) mass is 387 g/mol. The van der Waals surface area contributed by atoms with Crippen LogP contribution in [0.25, 0.3) is 11.3 Å². The highest BCUT2D eigenvalue weighted by Crippen LogP contribution is 2.47. The molecule has 1 unspecified atom stereocenters. The number of rotatable bonds is 3. The Kier molecular flexibility index (Phi) is 3.87. The molecule has 0 fully saturated rings. The molecule has 1 aliphatic rings. The van der Waals surface area contributed by atoms with E-state index in [2.05, 4.69) is 15.7 Å². The molecule has 0 amide bonds. The van der Waals surface area contributed by atoms with Gasteiger partial charge in [-0.25, -0.2) is 13.4 Å². The number of fused-ring (bicyclic) bond motifs is 3. The minimum atomic E-state index is -3.81. The molecule has 0 saturated carbocycles. The van der Waals surface area contributed by atoms with Crippen molar-refractivity contribution in [3.8, 4) is 11.3 Å². The van der Waals surface area contributed by atoms with Gasteiger partial charge >= 0.3 is 0 Å². The zero-order valence-electron chi connectivity index (χ0n) is 13.9. The third-order valence-corrected chi connectivity index (χ3v) is 7.31. The highest BCUT2D eigenvalue weighted by atomic mass is 32.2. The van der Waals surface area contributed by atoms with Crippen LogP contribution in [0.15, 0.2) is 47.4 Å². The molecule has 26 heavy (non-hydrogen) atoms. The highest BCUT2D eigenvalue weighted by molar-refractivity contribution is 7.92. The van der Waals surface area contributed by atoms with E-state index < -0.39 is 15.2 Å². The summed E-state index contributed by atoms with van der Waals surface area (Å²) in [6.45, 7) is 1.83. The maximum absolute atomic E-state index is 13.5. The van der Waals surface area contributed by atoms with E-state index >= 15 is 0 Å². The number of hydrazine groups is 1. The average Bonchev–Trinajstić information content (AvgIpc) is 3.02. The van der Waals surface area contributed by atoms with Crippen LogP contribution in [0.3, 0.4) is 0 Å². The lowest BCUT2D eigenvalue weighted by atomic mass is 10.1. The number of nitrogens with zero attached hydrogens (tertiary/aromatic N) is 1. The second-order valence-electron chi connectivity index (χ2n) is 6.02. The molecule has 134 valence electrons. The van der Waals surface area contributed by atoms with Crippen molar-refractivity contribution in [2.45, 2.75) is 17.2 Å². The highest BCUT2D eigenvalue weighted by Gasteiger charge is 2.38. The number of aryl methyl sites for hydroxylation is 1. The third kappa shape index (κ3) is 2.52. The fourth-order valence-electron chi connectivity index (χ4n) is 3.07. The number of sulfone groups is 1. The zero-order valence-corrected chi connectivity index (χ0v) is 15.5. The first-order valence-corrected chi connectivity index (χ1v) is 10.2. The largest absolute Gasteiger partial charge is 0.375 e. The molecule has 0 saturated heterocycles. The molecule has 1 atom stereocenters. The van der Waals surface area contributed by atoms with Gasteiger partial charge in [-0.05, 0) is 30.7 Å². The van der Waals surface area contributed by atoms with E-state index in [1.54, 1.807) is 18.2 Å². The summed E-state index contributed by atoms with van der Waals surface area (Å²) in [5.74, 6) is 5.54. The number of nitrogens with two attached hydrogens (primary N) is 2. The Bertz CT molecular complexity index is 1110. The zero-order chi connectivity index (χ0) is 18.5. The number of benzene rings is 2. The van der Waals surface area contributed by atoms with Gasteiger partial charge in [-0.1, -0.05) is 35.6 Å². The van der Waals surface area contributed by atoms with Crippen LogP contribution in [0, 0.1) is 6.92 Å². The van der Waals surface area contributed by atoms with Gasteiger partial charge in [0.15, 0.2) is 10.5 Å². The molecule has 0 aliphatic carbocycles. The average molecular weight is 387 g/mol. The summed E-state index contributed by atoms with van der Waals surface area (Å²) in [6.07, 6.45) is 0. The number of nitrogen functional groups attached to an aromatic ring is 2. The van der Waals surface area contributed by atoms with Gasteiger partial charge in [0.25, 0.3) is 0 Å². The number of hydrogen-bond donors (Lipinski definition) is 4. The predicted octanol–water partition coefficient (Wildman–Crippen LogP) is 2.88. The lowest BCUT2D eigenvalue weighted by Crippen LogP contribution is -2.25. The van der Waals surface area contributed by atoms with Crippen LogP contribution in [0.1, 0.15) is 15.8 Å². The van der Waals surface area contributed by atoms with Crippen molar-refractivity contribution in [1.82, 2.24) is 4.98 Å². The Morgan fingerprint density at radius 1 is 1.23 bits per heavy atom. The fraction of sp³-hybridized carbons (Fsp3) is 0.118. The second kappa shape index (κ2) is 5.97. The van der Waals surface area contributed by atoms with E-state index in [-0.39, 0.29) is 4.90 Å². The smallest absolute Gasteiger partial charge is 0.206 e. The van der Waals surface area contributed by atoms with Gasteiger partial charge in [0.2, 0.25) is 9.84 Å². The van der Waals surface area contributed by atoms with Gasteiger partial charge in [0.1, 0.15) is 0 Å². The van der Waals surface area contributed by atoms with Crippen molar-refractivity contribution in [1.29, 1.82) is 0 Å². The van der Waals surface area contributed by atoms with E-state index in [1.807, 2.05) is 31.2 Å². The van der Waals surface area contributed by atoms with Crippen molar-refractivity contribution in [2.24, 2.45) is 5.84 Å². The molecule has 3 aromatic rings. The van der Waals surface area contributed by atoms with Crippen LogP contribution in [-0.4, -0.2) is 13.4 Å². The van der Waals surface area contributed by atoms with Crippen LogP contribution in [0.4, 0.5) is 16.5 Å². The molecular weight excluding hydrogens is 370 g/mol. The Hall–Kier alpha value is -2.62. The van der Waals surface area contributed by atoms with Crippen LogP contribution >= 0.6 is 11.3 Å². The summed E-state index contributed by atoms with van der Waals surface area (Å²) in [5, 5.41) is 2.47. The predicted molar refractivity (Wildman–Crippen MR) is 105 cm³/mol. The molecule has 1 aliphatic heterocycles. The molecule has 6 N–H and O–H groups in total. The van der Waals surface area contributed by atoms with Gasteiger partial charge in [-0.15, -0.1) is 0 Å². The minimum Gasteiger partial charge on any atom is -0.375 e. The first kappa shape index (κ1) is 16.8. The lowest BCUT2D eigenvalue weighted by Gasteiger charge is -2.27. The number of aromatic nitrogens is 1. The lowest BCUT2D eigenvalue weighted by molar-refractivity contribution is 0.588. The fourth-order valence-corrected chi connectivity index (χ4v) is 6.09. The minimum absolute atomic E-state index is 0.134. The van der Waals surface area contributed by atoms with Crippen LogP contribution in [-0.2, 0) is 9.84 Å². The summed E-state index contributed by atoms with van der Waals surface area (Å²) < 4.78 is 27.0. The van der Waals surface area contributed by atoms with Gasteiger partial charge < -0.3 is 16.5 Å². The number of hydrogen-bond acceptors (Lipinski definition) is 8. The summed E-state index contributed by atoms with van der Waals surface area (Å²) in [6, 6.07) is 12.5. The molecule has 9 heteroatoms. The van der Waals surface area contributed by atoms with E-state index in [0.717, 1.165) is 11.1 Å². The van der Waals surface area contributed by atoms with Crippen LogP contribution < -0.4 is 22.3 Å².